The van der Waals surface area contributed by atoms with Gasteiger partial charge in [0.1, 0.15) is 5.60 Å². The smallest absolute Gasteiger partial charge is 0.407 e. The first kappa shape index (κ1) is 19.5. The molecule has 1 aromatic heterocycles. The van der Waals surface area contributed by atoms with Crippen molar-refractivity contribution in [3.8, 4) is 0 Å². The van der Waals surface area contributed by atoms with Gasteiger partial charge in [-0.1, -0.05) is 0 Å². The molecule has 25 heavy (non-hydrogen) atoms. The van der Waals surface area contributed by atoms with Gasteiger partial charge in [-0.15, -0.1) is 0 Å². The standard InChI is InChI=1S/C19H32N4O2/c1-18(2,3)25-17(24)21-14-19(4,5)22-15-8-12-23(13-9-15)16-6-10-20-11-7-16/h6-7,10-11,15,22H,8-9,12-14H2,1-5H3,(H,21,24). The van der Waals surface area contributed by atoms with Crippen LogP contribution < -0.4 is 15.5 Å². The van der Waals surface area contributed by atoms with Crippen LogP contribution in [0.1, 0.15) is 47.5 Å². The van der Waals surface area contributed by atoms with Gasteiger partial charge in [-0.05, 0) is 59.6 Å². The number of hydrogen-bond acceptors (Lipinski definition) is 5. The Kier molecular flexibility index (Phi) is 6.27. The lowest BCUT2D eigenvalue weighted by Crippen LogP contribution is -2.55. The average molecular weight is 348 g/mol. The molecule has 2 rings (SSSR count). The van der Waals surface area contributed by atoms with Crippen LogP contribution in [0.4, 0.5) is 10.5 Å². The summed E-state index contributed by atoms with van der Waals surface area (Å²) in [5, 5.41) is 6.54. The molecular weight excluding hydrogens is 316 g/mol. The van der Waals surface area contributed by atoms with Crippen LogP contribution in [0.15, 0.2) is 24.5 Å². The van der Waals surface area contributed by atoms with E-state index in [1.165, 1.54) is 5.69 Å². The van der Waals surface area contributed by atoms with E-state index in [1.54, 1.807) is 0 Å². The molecule has 1 aromatic rings. The Hall–Kier alpha value is -1.82. The van der Waals surface area contributed by atoms with Crippen LogP contribution in [0.3, 0.4) is 0 Å². The summed E-state index contributed by atoms with van der Waals surface area (Å²) in [6, 6.07) is 4.57. The molecule has 1 aliphatic heterocycles. The third-order valence-corrected chi connectivity index (χ3v) is 4.19. The zero-order valence-corrected chi connectivity index (χ0v) is 16.1. The van der Waals surface area contributed by atoms with Gasteiger partial charge < -0.3 is 20.3 Å². The summed E-state index contributed by atoms with van der Waals surface area (Å²) in [4.78, 5) is 18.3. The van der Waals surface area contributed by atoms with Gasteiger partial charge in [0.25, 0.3) is 0 Å². The monoisotopic (exact) mass is 348 g/mol. The molecule has 6 nitrogen and oxygen atoms in total. The Balaban J connectivity index is 1.75. The number of amides is 1. The second-order valence-electron chi connectivity index (χ2n) is 8.35. The molecule has 1 aliphatic rings. The minimum atomic E-state index is -0.471. The minimum Gasteiger partial charge on any atom is -0.444 e. The number of ether oxygens (including phenoxy) is 1. The molecule has 0 aliphatic carbocycles. The molecule has 0 aromatic carbocycles. The van der Waals surface area contributed by atoms with Crippen LogP contribution in [-0.4, -0.2) is 47.9 Å². The number of carbonyl (C=O) groups excluding carboxylic acids is 1. The summed E-state index contributed by atoms with van der Waals surface area (Å²) in [5.74, 6) is 0. The van der Waals surface area contributed by atoms with E-state index in [2.05, 4.69) is 46.5 Å². The molecule has 140 valence electrons. The van der Waals surface area contributed by atoms with Gasteiger partial charge in [0.05, 0.1) is 0 Å². The van der Waals surface area contributed by atoms with Crippen molar-refractivity contribution >= 4 is 11.8 Å². The minimum absolute atomic E-state index is 0.180. The Bertz CT molecular complexity index is 546. The van der Waals surface area contributed by atoms with Crippen LogP contribution in [0, 0.1) is 0 Å². The molecule has 1 fully saturated rings. The molecular formula is C19H32N4O2. The van der Waals surface area contributed by atoms with E-state index >= 15 is 0 Å². The molecule has 0 atom stereocenters. The van der Waals surface area contributed by atoms with Crippen LogP contribution in [0.5, 0.6) is 0 Å². The maximum Gasteiger partial charge on any atom is 0.407 e. The molecule has 0 radical (unpaired) electrons. The highest BCUT2D eigenvalue weighted by atomic mass is 16.6. The van der Waals surface area contributed by atoms with Crippen molar-refractivity contribution in [2.75, 3.05) is 24.5 Å². The van der Waals surface area contributed by atoms with Crippen molar-refractivity contribution in [3.05, 3.63) is 24.5 Å². The van der Waals surface area contributed by atoms with Crippen molar-refractivity contribution in [2.24, 2.45) is 0 Å². The predicted octanol–water partition coefficient (Wildman–Crippen LogP) is 2.94. The van der Waals surface area contributed by atoms with Gasteiger partial charge in [-0.25, -0.2) is 4.79 Å². The number of piperidine rings is 1. The quantitative estimate of drug-likeness (QED) is 0.856. The number of aromatic nitrogens is 1. The number of rotatable bonds is 5. The van der Waals surface area contributed by atoms with Gasteiger partial charge in [0, 0.05) is 49.3 Å². The van der Waals surface area contributed by atoms with Crippen molar-refractivity contribution in [3.63, 3.8) is 0 Å². The summed E-state index contributed by atoms with van der Waals surface area (Å²) in [7, 11) is 0. The van der Waals surface area contributed by atoms with Crippen molar-refractivity contribution < 1.29 is 9.53 Å². The summed E-state index contributed by atoms with van der Waals surface area (Å²) >= 11 is 0. The normalized spacial score (nSPS) is 16.6. The summed E-state index contributed by atoms with van der Waals surface area (Å²) < 4.78 is 5.30. The highest BCUT2D eigenvalue weighted by Crippen LogP contribution is 2.20. The maximum atomic E-state index is 11.8. The summed E-state index contributed by atoms with van der Waals surface area (Å²) in [6.45, 7) is 12.4. The van der Waals surface area contributed by atoms with Crippen LogP contribution >= 0.6 is 0 Å². The Morgan fingerprint density at radius 2 is 1.80 bits per heavy atom. The Morgan fingerprint density at radius 1 is 1.20 bits per heavy atom. The number of pyridine rings is 1. The van der Waals surface area contributed by atoms with Gasteiger partial charge >= 0.3 is 6.09 Å². The summed E-state index contributed by atoms with van der Waals surface area (Å²) in [5.41, 5.74) is 0.585. The number of nitrogens with one attached hydrogen (secondary N) is 2. The fraction of sp³-hybridized carbons (Fsp3) is 0.684. The van der Waals surface area contributed by atoms with E-state index in [-0.39, 0.29) is 11.6 Å². The summed E-state index contributed by atoms with van der Waals surface area (Å²) in [6.07, 6.45) is 5.47. The Morgan fingerprint density at radius 3 is 2.36 bits per heavy atom. The number of anilines is 1. The molecule has 1 amide bonds. The van der Waals surface area contributed by atoms with Crippen molar-refractivity contribution in [1.82, 2.24) is 15.6 Å². The topological polar surface area (TPSA) is 66.5 Å². The van der Waals surface area contributed by atoms with Gasteiger partial charge in [-0.2, -0.15) is 0 Å². The highest BCUT2D eigenvalue weighted by Gasteiger charge is 2.27. The zero-order chi connectivity index (χ0) is 18.5. The molecule has 0 bridgehead atoms. The van der Waals surface area contributed by atoms with E-state index in [0.717, 1.165) is 25.9 Å². The van der Waals surface area contributed by atoms with Crippen LogP contribution in [0.25, 0.3) is 0 Å². The first-order chi connectivity index (χ1) is 11.6. The molecule has 0 spiro atoms. The highest BCUT2D eigenvalue weighted by molar-refractivity contribution is 5.67. The maximum absolute atomic E-state index is 11.8. The predicted molar refractivity (Wildman–Crippen MR) is 101 cm³/mol. The van der Waals surface area contributed by atoms with Crippen LogP contribution in [0.2, 0.25) is 0 Å². The lowest BCUT2D eigenvalue weighted by atomic mass is 9.98. The first-order valence-electron chi connectivity index (χ1n) is 9.04. The van der Waals surface area contributed by atoms with Crippen LogP contribution in [-0.2, 0) is 4.74 Å². The molecule has 2 heterocycles. The molecule has 0 unspecified atom stereocenters. The number of hydrogen-bond donors (Lipinski definition) is 2. The van der Waals surface area contributed by atoms with E-state index < -0.39 is 5.60 Å². The second kappa shape index (κ2) is 8.04. The van der Waals surface area contributed by atoms with E-state index in [1.807, 2.05) is 33.2 Å². The lowest BCUT2D eigenvalue weighted by molar-refractivity contribution is 0.0511. The van der Waals surface area contributed by atoms with Gasteiger partial charge in [0.15, 0.2) is 0 Å². The SMILES string of the molecule is CC(C)(CNC(=O)OC(C)(C)C)NC1CCN(c2ccncc2)CC1. The third-order valence-electron chi connectivity index (χ3n) is 4.19. The molecule has 0 saturated carbocycles. The van der Waals surface area contributed by atoms with Gasteiger partial charge in [0.2, 0.25) is 0 Å². The number of alkyl carbamates (subject to hydrolysis) is 1. The lowest BCUT2D eigenvalue weighted by Gasteiger charge is -2.38. The fourth-order valence-corrected chi connectivity index (χ4v) is 3.05. The van der Waals surface area contributed by atoms with E-state index in [9.17, 15) is 4.79 Å². The largest absolute Gasteiger partial charge is 0.444 e. The fourth-order valence-electron chi connectivity index (χ4n) is 3.05. The number of carbonyl (C=O) groups is 1. The average Bonchev–Trinajstić information content (AvgIpc) is 2.53. The van der Waals surface area contributed by atoms with E-state index in [4.69, 9.17) is 4.74 Å². The third kappa shape index (κ3) is 6.90. The van der Waals surface area contributed by atoms with E-state index in [0.29, 0.717) is 12.6 Å². The Labute approximate surface area is 151 Å². The molecule has 1 saturated heterocycles. The first-order valence-corrected chi connectivity index (χ1v) is 9.04. The van der Waals surface area contributed by atoms with Crippen molar-refractivity contribution in [1.29, 1.82) is 0 Å². The number of nitrogens with zero attached hydrogens (tertiary/aromatic N) is 2. The zero-order valence-electron chi connectivity index (χ0n) is 16.1. The second-order valence-corrected chi connectivity index (χ2v) is 8.35. The molecule has 2 N–H and O–H groups in total. The van der Waals surface area contributed by atoms with Crippen molar-refractivity contribution in [2.45, 2.75) is 64.6 Å². The molecule has 6 heteroatoms. The van der Waals surface area contributed by atoms with Gasteiger partial charge in [-0.3, -0.25) is 4.98 Å².